The van der Waals surface area contributed by atoms with Gasteiger partial charge in [-0.25, -0.2) is 0 Å². The molecule has 0 fully saturated rings. The van der Waals surface area contributed by atoms with Crippen molar-refractivity contribution in [3.63, 3.8) is 0 Å². The Morgan fingerprint density at radius 2 is 2.06 bits per heavy atom. The van der Waals surface area contributed by atoms with E-state index >= 15 is 0 Å². The Kier molecular flexibility index (Phi) is 2.88. The second kappa shape index (κ2) is 4.49. The largest absolute Gasteiger partial charge is 0.506 e. The predicted molar refractivity (Wildman–Crippen MR) is 60.8 cm³/mol. The first-order valence-electron chi connectivity index (χ1n) is 4.97. The van der Waals surface area contributed by atoms with Gasteiger partial charge in [-0.3, -0.25) is 4.79 Å². The van der Waals surface area contributed by atoms with Crippen LogP contribution in [0.1, 0.15) is 5.69 Å². The second-order valence-electron chi connectivity index (χ2n) is 3.40. The van der Waals surface area contributed by atoms with Gasteiger partial charge in [-0.05, 0) is 12.1 Å². The molecule has 0 unspecified atom stereocenters. The molecule has 0 aliphatic carbocycles. The summed E-state index contributed by atoms with van der Waals surface area (Å²) in [5, 5.41) is 22.0. The highest BCUT2D eigenvalue weighted by Gasteiger charge is 2.08. The van der Waals surface area contributed by atoms with Crippen LogP contribution in [0.5, 0.6) is 5.75 Å². The monoisotopic (exact) mass is 227 g/mol. The summed E-state index contributed by atoms with van der Waals surface area (Å²) >= 11 is 0. The van der Waals surface area contributed by atoms with Crippen molar-refractivity contribution >= 4 is 0 Å². The molecule has 0 spiro atoms. The molecule has 1 aromatic carbocycles. The summed E-state index contributed by atoms with van der Waals surface area (Å²) in [6.07, 6.45) is -0.0427. The first-order valence-corrected chi connectivity index (χ1v) is 4.97. The molecule has 17 heavy (non-hydrogen) atoms. The van der Waals surface area contributed by atoms with Crippen LogP contribution in [0, 0.1) is 11.3 Å². The van der Waals surface area contributed by atoms with Gasteiger partial charge in [0.15, 0.2) is 0 Å². The number of aromatic hydroxyl groups is 1. The highest BCUT2D eigenvalue weighted by atomic mass is 16.3. The van der Waals surface area contributed by atoms with Crippen LogP contribution in [0.25, 0.3) is 5.69 Å². The average molecular weight is 227 g/mol. The predicted octanol–water partition coefficient (Wildman–Crippen LogP) is 1.00. The van der Waals surface area contributed by atoms with Crippen molar-refractivity contribution < 1.29 is 5.11 Å². The molecule has 1 aromatic heterocycles. The third kappa shape index (κ3) is 2.16. The summed E-state index contributed by atoms with van der Waals surface area (Å²) < 4.78 is 1.16. The molecule has 1 heterocycles. The van der Waals surface area contributed by atoms with Gasteiger partial charge in [0.25, 0.3) is 5.56 Å². The van der Waals surface area contributed by atoms with Crippen molar-refractivity contribution in [2.24, 2.45) is 0 Å². The summed E-state index contributed by atoms with van der Waals surface area (Å²) in [5.41, 5.74) is 0.350. The maximum Gasteiger partial charge on any atom is 0.275 e. The molecule has 0 saturated heterocycles. The molecule has 5 heteroatoms. The zero-order valence-electron chi connectivity index (χ0n) is 8.87. The van der Waals surface area contributed by atoms with E-state index in [0.29, 0.717) is 5.69 Å². The Labute approximate surface area is 97.2 Å². The van der Waals surface area contributed by atoms with Crippen molar-refractivity contribution in [2.45, 2.75) is 6.42 Å². The molecular formula is C12H9N3O2. The lowest BCUT2D eigenvalue weighted by atomic mass is 10.3. The van der Waals surface area contributed by atoms with Gasteiger partial charge in [-0.2, -0.15) is 15.0 Å². The molecule has 0 aliphatic heterocycles. The summed E-state index contributed by atoms with van der Waals surface area (Å²) in [4.78, 5) is 11.7. The van der Waals surface area contributed by atoms with Crippen LogP contribution in [-0.2, 0) is 6.42 Å². The summed E-state index contributed by atoms with van der Waals surface area (Å²) in [7, 11) is 0. The van der Waals surface area contributed by atoms with Gasteiger partial charge < -0.3 is 5.11 Å². The number of aromatic nitrogens is 2. The number of rotatable bonds is 2. The molecule has 0 saturated carbocycles. The van der Waals surface area contributed by atoms with Crippen molar-refractivity contribution in [3.8, 4) is 17.5 Å². The molecule has 0 bridgehead atoms. The van der Waals surface area contributed by atoms with E-state index in [-0.39, 0.29) is 17.9 Å². The number of benzene rings is 1. The first-order chi connectivity index (χ1) is 8.22. The van der Waals surface area contributed by atoms with E-state index in [9.17, 15) is 9.90 Å². The van der Waals surface area contributed by atoms with E-state index in [2.05, 4.69) is 5.10 Å². The Morgan fingerprint density at radius 1 is 1.35 bits per heavy atom. The van der Waals surface area contributed by atoms with Gasteiger partial charge in [-0.1, -0.05) is 18.2 Å². The van der Waals surface area contributed by atoms with Gasteiger partial charge in [0.05, 0.1) is 18.2 Å². The van der Waals surface area contributed by atoms with Gasteiger partial charge >= 0.3 is 0 Å². The van der Waals surface area contributed by atoms with Gasteiger partial charge in [0.2, 0.25) is 0 Å². The number of nitriles is 1. The number of hydrogen-bond acceptors (Lipinski definition) is 4. The molecule has 0 atom stereocenters. The van der Waals surface area contributed by atoms with E-state index in [0.717, 1.165) is 10.7 Å². The van der Waals surface area contributed by atoms with Crippen LogP contribution < -0.4 is 5.56 Å². The Balaban J connectivity index is 2.60. The molecule has 0 aliphatic rings. The van der Waals surface area contributed by atoms with E-state index in [4.69, 9.17) is 5.26 Å². The summed E-state index contributed by atoms with van der Waals surface area (Å²) in [6, 6.07) is 11.8. The maximum absolute atomic E-state index is 11.7. The lowest BCUT2D eigenvalue weighted by Crippen LogP contribution is -2.21. The SMILES string of the molecule is N#CCc1nn(-c2ccccc2)c(=O)cc1O. The Morgan fingerprint density at radius 3 is 2.71 bits per heavy atom. The smallest absolute Gasteiger partial charge is 0.275 e. The second-order valence-corrected chi connectivity index (χ2v) is 3.40. The fourth-order valence-corrected chi connectivity index (χ4v) is 1.44. The Bertz CT molecular complexity index is 626. The highest BCUT2D eigenvalue weighted by molar-refractivity contribution is 5.33. The number of nitrogens with zero attached hydrogens (tertiary/aromatic N) is 3. The molecule has 0 amide bonds. The fraction of sp³-hybridized carbons (Fsp3) is 0.0833. The van der Waals surface area contributed by atoms with Crippen molar-refractivity contribution in [2.75, 3.05) is 0 Å². The van der Waals surface area contributed by atoms with E-state index < -0.39 is 5.56 Å². The molecular weight excluding hydrogens is 218 g/mol. The number of hydrogen-bond donors (Lipinski definition) is 1. The third-order valence-corrected chi connectivity index (χ3v) is 2.23. The molecule has 2 aromatic rings. The summed E-state index contributed by atoms with van der Waals surface area (Å²) in [6.45, 7) is 0. The maximum atomic E-state index is 11.7. The van der Waals surface area contributed by atoms with E-state index in [1.165, 1.54) is 0 Å². The van der Waals surface area contributed by atoms with Gasteiger partial charge in [0, 0.05) is 6.07 Å². The third-order valence-electron chi connectivity index (χ3n) is 2.23. The Hall–Kier alpha value is -2.61. The molecule has 1 N–H and O–H groups in total. The lowest BCUT2D eigenvalue weighted by Gasteiger charge is -2.06. The minimum atomic E-state index is -0.435. The van der Waals surface area contributed by atoms with Gasteiger partial charge in [0.1, 0.15) is 11.4 Å². The number of para-hydroxylation sites is 1. The average Bonchev–Trinajstić information content (AvgIpc) is 2.34. The van der Waals surface area contributed by atoms with Crippen molar-refractivity contribution in [1.82, 2.24) is 9.78 Å². The minimum Gasteiger partial charge on any atom is -0.506 e. The zero-order valence-corrected chi connectivity index (χ0v) is 8.87. The van der Waals surface area contributed by atoms with Crippen LogP contribution in [0.4, 0.5) is 0 Å². The van der Waals surface area contributed by atoms with Gasteiger partial charge in [-0.15, -0.1) is 0 Å². The van der Waals surface area contributed by atoms with Crippen molar-refractivity contribution in [3.05, 3.63) is 52.4 Å². The van der Waals surface area contributed by atoms with E-state index in [1.807, 2.05) is 12.1 Å². The molecule has 5 nitrogen and oxygen atoms in total. The quantitative estimate of drug-likeness (QED) is 0.830. The van der Waals surface area contributed by atoms with E-state index in [1.54, 1.807) is 24.3 Å². The normalized spacial score (nSPS) is 9.82. The molecule has 84 valence electrons. The fourth-order valence-electron chi connectivity index (χ4n) is 1.44. The standard InChI is InChI=1S/C12H9N3O2/c13-7-6-10-11(16)8-12(17)15(14-10)9-4-2-1-3-5-9/h1-5,8,16H,6H2. The zero-order chi connectivity index (χ0) is 12.3. The van der Waals surface area contributed by atoms with Crippen LogP contribution in [0.3, 0.4) is 0 Å². The van der Waals surface area contributed by atoms with Crippen LogP contribution in [0.15, 0.2) is 41.2 Å². The summed E-state index contributed by atoms with van der Waals surface area (Å²) in [5.74, 6) is -0.247. The lowest BCUT2D eigenvalue weighted by molar-refractivity contribution is 0.459. The van der Waals surface area contributed by atoms with Crippen LogP contribution in [0.2, 0.25) is 0 Å². The highest BCUT2D eigenvalue weighted by Crippen LogP contribution is 2.12. The minimum absolute atomic E-state index is 0.0427. The topological polar surface area (TPSA) is 78.9 Å². The van der Waals surface area contributed by atoms with Crippen molar-refractivity contribution in [1.29, 1.82) is 5.26 Å². The molecule has 0 radical (unpaired) electrons. The van der Waals surface area contributed by atoms with Crippen LogP contribution in [-0.4, -0.2) is 14.9 Å². The van der Waals surface area contributed by atoms with Crippen LogP contribution >= 0.6 is 0 Å². The molecule has 2 rings (SSSR count). The first kappa shape index (κ1) is 10.9.